The van der Waals surface area contributed by atoms with E-state index >= 15 is 0 Å². The van der Waals surface area contributed by atoms with Crippen LogP contribution in [0.25, 0.3) is 0 Å². The zero-order valence-electron chi connectivity index (χ0n) is 13.9. The molecule has 1 amide bonds. The second-order valence-corrected chi connectivity index (χ2v) is 6.44. The van der Waals surface area contributed by atoms with Crippen LogP contribution < -0.4 is 10.4 Å². The highest BCUT2D eigenvalue weighted by Gasteiger charge is 2.21. The Balaban J connectivity index is 2.61. The number of aliphatic carboxylic acids is 1. The number of carbonyl (C=O) groups is 2. The molecule has 0 heterocycles. The Morgan fingerprint density at radius 1 is 1.14 bits per heavy atom. The molecule has 0 aliphatic rings. The number of benzene rings is 1. The van der Waals surface area contributed by atoms with E-state index in [0.29, 0.717) is 12.3 Å². The lowest BCUT2D eigenvalue weighted by Crippen LogP contribution is -2.36. The minimum atomic E-state index is -1.06. The average molecular weight is 304 g/mol. The van der Waals surface area contributed by atoms with E-state index in [1.807, 2.05) is 31.2 Å². The number of nitrogens with one attached hydrogen (secondary N) is 1. The molecule has 22 heavy (non-hydrogen) atoms. The molecule has 0 spiro atoms. The van der Waals surface area contributed by atoms with Crippen LogP contribution in [0.2, 0.25) is 0 Å². The number of amides is 1. The fourth-order valence-electron chi connectivity index (χ4n) is 2.50. The SMILES string of the molecule is Cc1ccccc1NC(=O)C[C@H](C)[C@@H](CCC(C)C)C(=O)[O-]. The first-order valence-electron chi connectivity index (χ1n) is 7.87. The van der Waals surface area contributed by atoms with Gasteiger partial charge in [0, 0.05) is 24.0 Å². The van der Waals surface area contributed by atoms with Crippen molar-refractivity contribution in [2.75, 3.05) is 5.32 Å². The van der Waals surface area contributed by atoms with E-state index in [1.54, 1.807) is 6.92 Å². The van der Waals surface area contributed by atoms with Gasteiger partial charge in [-0.1, -0.05) is 45.4 Å². The van der Waals surface area contributed by atoms with E-state index in [0.717, 1.165) is 17.7 Å². The Labute approximate surface area is 132 Å². The maximum Gasteiger partial charge on any atom is 0.224 e. The van der Waals surface area contributed by atoms with Crippen molar-refractivity contribution in [3.8, 4) is 0 Å². The van der Waals surface area contributed by atoms with Crippen LogP contribution in [0.15, 0.2) is 24.3 Å². The number of rotatable bonds is 8. The number of carboxylic acid groups (broad SMARTS) is 1. The maximum absolute atomic E-state index is 12.1. The van der Waals surface area contributed by atoms with Crippen molar-refractivity contribution < 1.29 is 14.7 Å². The van der Waals surface area contributed by atoms with Crippen LogP contribution in [-0.4, -0.2) is 11.9 Å². The number of hydrogen-bond acceptors (Lipinski definition) is 3. The van der Waals surface area contributed by atoms with Gasteiger partial charge in [-0.3, -0.25) is 4.79 Å². The molecule has 122 valence electrons. The number of para-hydroxylation sites is 1. The highest BCUT2D eigenvalue weighted by atomic mass is 16.4. The lowest BCUT2D eigenvalue weighted by Gasteiger charge is -2.25. The molecule has 1 rings (SSSR count). The zero-order valence-corrected chi connectivity index (χ0v) is 13.9. The van der Waals surface area contributed by atoms with E-state index in [9.17, 15) is 14.7 Å². The maximum atomic E-state index is 12.1. The molecule has 0 bridgehead atoms. The van der Waals surface area contributed by atoms with E-state index in [2.05, 4.69) is 19.2 Å². The predicted molar refractivity (Wildman–Crippen MR) is 86.2 cm³/mol. The lowest BCUT2D eigenvalue weighted by atomic mass is 9.85. The first kappa shape index (κ1) is 18.2. The first-order chi connectivity index (χ1) is 10.3. The zero-order chi connectivity index (χ0) is 16.7. The quantitative estimate of drug-likeness (QED) is 0.803. The van der Waals surface area contributed by atoms with Crippen LogP contribution in [0, 0.1) is 24.7 Å². The molecular weight excluding hydrogens is 278 g/mol. The van der Waals surface area contributed by atoms with Crippen molar-refractivity contribution in [3.63, 3.8) is 0 Å². The summed E-state index contributed by atoms with van der Waals surface area (Å²) < 4.78 is 0. The van der Waals surface area contributed by atoms with Gasteiger partial charge in [-0.2, -0.15) is 0 Å². The number of anilines is 1. The smallest absolute Gasteiger partial charge is 0.224 e. The van der Waals surface area contributed by atoms with Gasteiger partial charge >= 0.3 is 0 Å². The van der Waals surface area contributed by atoms with Gasteiger partial charge in [0.05, 0.1) is 0 Å². The van der Waals surface area contributed by atoms with E-state index in [1.165, 1.54) is 0 Å². The van der Waals surface area contributed by atoms with Crippen molar-refractivity contribution in [2.45, 2.75) is 47.0 Å². The summed E-state index contributed by atoms with van der Waals surface area (Å²) in [7, 11) is 0. The Bertz CT molecular complexity index is 511. The number of aryl methyl sites for hydroxylation is 1. The lowest BCUT2D eigenvalue weighted by molar-refractivity contribution is -0.313. The normalized spacial score (nSPS) is 13.7. The summed E-state index contributed by atoms with van der Waals surface area (Å²) in [5, 5.41) is 14.2. The molecule has 2 atom stereocenters. The van der Waals surface area contributed by atoms with Gasteiger partial charge in [-0.05, 0) is 36.8 Å². The van der Waals surface area contributed by atoms with Crippen molar-refractivity contribution >= 4 is 17.6 Å². The van der Waals surface area contributed by atoms with Gasteiger partial charge in [0.2, 0.25) is 5.91 Å². The van der Waals surface area contributed by atoms with Crippen LogP contribution in [0.5, 0.6) is 0 Å². The average Bonchev–Trinajstić information content (AvgIpc) is 2.40. The highest BCUT2D eigenvalue weighted by Crippen LogP contribution is 2.23. The monoisotopic (exact) mass is 304 g/mol. The Morgan fingerprint density at radius 3 is 2.32 bits per heavy atom. The number of carboxylic acids is 1. The third-order valence-electron chi connectivity index (χ3n) is 3.97. The summed E-state index contributed by atoms with van der Waals surface area (Å²) in [4.78, 5) is 23.4. The van der Waals surface area contributed by atoms with Gasteiger partial charge in [-0.15, -0.1) is 0 Å². The summed E-state index contributed by atoms with van der Waals surface area (Å²) in [6, 6.07) is 7.53. The molecule has 0 unspecified atom stereocenters. The highest BCUT2D eigenvalue weighted by molar-refractivity contribution is 5.91. The molecule has 1 aromatic rings. The Hall–Kier alpha value is -1.84. The molecular formula is C18H26NO3-. The molecule has 0 aromatic heterocycles. The third kappa shape index (κ3) is 5.88. The summed E-state index contributed by atoms with van der Waals surface area (Å²) >= 11 is 0. The second-order valence-electron chi connectivity index (χ2n) is 6.44. The number of hydrogen-bond donors (Lipinski definition) is 1. The molecule has 4 heteroatoms. The van der Waals surface area contributed by atoms with Crippen LogP contribution in [0.3, 0.4) is 0 Å². The summed E-state index contributed by atoms with van der Waals surface area (Å²) in [6.45, 7) is 7.84. The molecule has 0 saturated heterocycles. The first-order valence-corrected chi connectivity index (χ1v) is 7.87. The van der Waals surface area contributed by atoms with Crippen LogP contribution in [0.4, 0.5) is 5.69 Å². The van der Waals surface area contributed by atoms with Gasteiger partial charge in [0.25, 0.3) is 0 Å². The van der Waals surface area contributed by atoms with Gasteiger partial charge < -0.3 is 15.2 Å². The van der Waals surface area contributed by atoms with Crippen LogP contribution >= 0.6 is 0 Å². The molecule has 1 aromatic carbocycles. The largest absolute Gasteiger partial charge is 0.550 e. The Morgan fingerprint density at radius 2 is 1.77 bits per heavy atom. The summed E-state index contributed by atoms with van der Waals surface area (Å²) in [5.41, 5.74) is 1.76. The van der Waals surface area contributed by atoms with Crippen LogP contribution in [0.1, 0.15) is 45.6 Å². The molecule has 0 saturated carbocycles. The minimum absolute atomic E-state index is 0.155. The van der Waals surface area contributed by atoms with Crippen LogP contribution in [-0.2, 0) is 9.59 Å². The third-order valence-corrected chi connectivity index (χ3v) is 3.97. The van der Waals surface area contributed by atoms with E-state index < -0.39 is 11.9 Å². The Kier molecular flexibility index (Phi) is 7.09. The summed E-state index contributed by atoms with van der Waals surface area (Å²) in [5.74, 6) is -1.60. The molecule has 4 nitrogen and oxygen atoms in total. The van der Waals surface area contributed by atoms with Gasteiger partial charge in [0.15, 0.2) is 0 Å². The van der Waals surface area contributed by atoms with Crippen molar-refractivity contribution in [2.24, 2.45) is 17.8 Å². The standard InChI is InChI=1S/C18H27NO3/c1-12(2)9-10-15(18(21)22)14(4)11-17(20)19-16-8-6-5-7-13(16)3/h5-8,12,14-15H,9-11H2,1-4H3,(H,19,20)(H,21,22)/p-1/t14-,15+/m0/s1. The molecule has 0 radical (unpaired) electrons. The molecule has 0 aliphatic heterocycles. The topological polar surface area (TPSA) is 69.2 Å². The van der Waals surface area contributed by atoms with Crippen molar-refractivity contribution in [1.29, 1.82) is 0 Å². The second kappa shape index (κ2) is 8.57. The number of carbonyl (C=O) groups excluding carboxylic acids is 2. The molecule has 0 fully saturated rings. The van der Waals surface area contributed by atoms with Crippen molar-refractivity contribution in [3.05, 3.63) is 29.8 Å². The van der Waals surface area contributed by atoms with E-state index in [-0.39, 0.29) is 18.2 Å². The minimum Gasteiger partial charge on any atom is -0.550 e. The van der Waals surface area contributed by atoms with Gasteiger partial charge in [0.1, 0.15) is 0 Å². The van der Waals surface area contributed by atoms with Gasteiger partial charge in [-0.25, -0.2) is 0 Å². The van der Waals surface area contributed by atoms with Crippen molar-refractivity contribution in [1.82, 2.24) is 0 Å². The fraction of sp³-hybridized carbons (Fsp3) is 0.556. The summed E-state index contributed by atoms with van der Waals surface area (Å²) in [6.07, 6.45) is 1.56. The fourth-order valence-corrected chi connectivity index (χ4v) is 2.50. The molecule has 0 aliphatic carbocycles. The molecule has 1 N–H and O–H groups in total. The van der Waals surface area contributed by atoms with E-state index in [4.69, 9.17) is 0 Å². The predicted octanol–water partition coefficient (Wildman–Crippen LogP) is 2.76.